The maximum Gasteiger partial charge on any atom is 0.314 e. The fraction of sp³-hybridized carbons (Fsp3) is 0.632. The summed E-state index contributed by atoms with van der Waals surface area (Å²) >= 11 is 0. The van der Waals surface area contributed by atoms with Crippen molar-refractivity contribution < 1.29 is 9.53 Å². The van der Waals surface area contributed by atoms with Crippen LogP contribution in [0.2, 0.25) is 0 Å². The molecule has 2 unspecified atom stereocenters. The average molecular weight is 286 g/mol. The van der Waals surface area contributed by atoms with Gasteiger partial charge in [0, 0.05) is 5.56 Å². The van der Waals surface area contributed by atoms with E-state index < -0.39 is 0 Å². The Balaban J connectivity index is 2.33. The van der Waals surface area contributed by atoms with E-state index in [0.29, 0.717) is 0 Å². The number of carbonyl (C=O) groups is 1. The van der Waals surface area contributed by atoms with Gasteiger partial charge in [-0.2, -0.15) is 0 Å². The van der Waals surface area contributed by atoms with Crippen molar-refractivity contribution in [2.24, 2.45) is 0 Å². The van der Waals surface area contributed by atoms with Crippen LogP contribution in [0.3, 0.4) is 0 Å². The molecule has 1 aromatic carbocycles. The summed E-state index contributed by atoms with van der Waals surface area (Å²) in [5.74, 6) is -0.0724. The summed E-state index contributed by atoms with van der Waals surface area (Å²) < 4.78 is 5.68. The summed E-state index contributed by atoms with van der Waals surface area (Å²) in [6, 6.07) is 4.50. The highest BCUT2D eigenvalue weighted by Crippen LogP contribution is 2.52. The predicted octanol–water partition coefficient (Wildman–Crippen LogP) is 4.76. The largest absolute Gasteiger partial charge is 0.457 e. The lowest BCUT2D eigenvalue weighted by Gasteiger charge is -2.43. The van der Waals surface area contributed by atoms with E-state index in [-0.39, 0.29) is 28.8 Å². The molecular weight excluding hydrogens is 260 g/mol. The van der Waals surface area contributed by atoms with Crippen LogP contribution >= 0.6 is 0 Å². The summed E-state index contributed by atoms with van der Waals surface area (Å²) in [5, 5.41) is 0. The molecule has 0 saturated carbocycles. The molecule has 1 saturated heterocycles. The van der Waals surface area contributed by atoms with Gasteiger partial charge in [0.15, 0.2) is 0 Å². The number of fused-ring (bicyclic) bond motifs is 2. The van der Waals surface area contributed by atoms with Crippen molar-refractivity contribution in [1.29, 1.82) is 0 Å². The van der Waals surface area contributed by atoms with Gasteiger partial charge in [-0.15, -0.1) is 0 Å². The molecule has 2 atom stereocenters. The van der Waals surface area contributed by atoms with E-state index in [1.54, 1.807) is 0 Å². The van der Waals surface area contributed by atoms with E-state index in [1.165, 1.54) is 22.3 Å². The van der Waals surface area contributed by atoms with Crippen molar-refractivity contribution >= 4 is 5.97 Å². The van der Waals surface area contributed by atoms with Gasteiger partial charge in [0.1, 0.15) is 6.10 Å². The molecule has 1 fully saturated rings. The van der Waals surface area contributed by atoms with Gasteiger partial charge < -0.3 is 4.74 Å². The maximum atomic E-state index is 12.2. The van der Waals surface area contributed by atoms with Gasteiger partial charge in [-0.25, -0.2) is 0 Å². The molecule has 114 valence electrons. The molecule has 4 rings (SSSR count). The van der Waals surface area contributed by atoms with Crippen LogP contribution in [0.25, 0.3) is 0 Å². The standard InChI is InChI=1S/C19H26O2/c1-18(2,3)12-8-9-13(19(4,5)6)16-14-10-7-11(15(12)16)17(20)21-14/h8-9,11,14H,7,10H2,1-6H3. The van der Waals surface area contributed by atoms with Crippen LogP contribution in [-0.2, 0) is 20.4 Å². The summed E-state index contributed by atoms with van der Waals surface area (Å²) in [6.45, 7) is 13.4. The smallest absolute Gasteiger partial charge is 0.314 e. The molecular formula is C19H26O2. The Bertz CT molecular complexity index is 599. The molecule has 0 radical (unpaired) electrons. The number of rotatable bonds is 0. The number of ether oxygens (including phenoxy) is 1. The summed E-state index contributed by atoms with van der Waals surface area (Å²) in [5.41, 5.74) is 5.38. The van der Waals surface area contributed by atoms with Gasteiger partial charge in [-0.05, 0) is 40.4 Å². The number of hydrogen-bond donors (Lipinski definition) is 0. The Kier molecular flexibility index (Phi) is 3.02. The second-order valence-electron chi connectivity index (χ2n) is 8.54. The van der Waals surface area contributed by atoms with Crippen molar-refractivity contribution in [2.75, 3.05) is 0 Å². The third-order valence-corrected chi connectivity index (χ3v) is 4.83. The minimum atomic E-state index is -0.0541. The molecule has 0 amide bonds. The van der Waals surface area contributed by atoms with Crippen LogP contribution in [0.1, 0.15) is 88.7 Å². The summed E-state index contributed by atoms with van der Waals surface area (Å²) in [7, 11) is 0. The quantitative estimate of drug-likeness (QED) is 0.643. The zero-order valence-electron chi connectivity index (χ0n) is 14.0. The number of esters is 1. The highest BCUT2D eigenvalue weighted by atomic mass is 16.5. The van der Waals surface area contributed by atoms with Gasteiger partial charge in [0.25, 0.3) is 0 Å². The Morgan fingerprint density at radius 3 is 1.90 bits per heavy atom. The fourth-order valence-corrected chi connectivity index (χ4v) is 3.85. The van der Waals surface area contributed by atoms with Crippen LogP contribution in [0, 0.1) is 0 Å². The van der Waals surface area contributed by atoms with Crippen LogP contribution < -0.4 is 0 Å². The zero-order valence-corrected chi connectivity index (χ0v) is 14.0. The van der Waals surface area contributed by atoms with Gasteiger partial charge in [0.2, 0.25) is 0 Å². The Morgan fingerprint density at radius 2 is 1.43 bits per heavy atom. The lowest BCUT2D eigenvalue weighted by Crippen LogP contribution is -2.37. The first-order valence-corrected chi connectivity index (χ1v) is 7.99. The Hall–Kier alpha value is -1.31. The molecule has 0 N–H and O–H groups in total. The van der Waals surface area contributed by atoms with Crippen LogP contribution in [-0.4, -0.2) is 5.97 Å². The molecule has 2 bridgehead atoms. The normalized spacial score (nSPS) is 24.8. The number of carbonyl (C=O) groups excluding carboxylic acids is 1. The monoisotopic (exact) mass is 286 g/mol. The van der Waals surface area contributed by atoms with E-state index in [1.807, 2.05) is 0 Å². The van der Waals surface area contributed by atoms with Gasteiger partial charge >= 0.3 is 5.97 Å². The molecule has 3 aliphatic rings. The Morgan fingerprint density at radius 1 is 0.905 bits per heavy atom. The second-order valence-corrected chi connectivity index (χ2v) is 8.54. The van der Waals surface area contributed by atoms with Gasteiger partial charge in [0.05, 0.1) is 5.92 Å². The van der Waals surface area contributed by atoms with Crippen molar-refractivity contribution in [1.82, 2.24) is 0 Å². The van der Waals surface area contributed by atoms with Crippen molar-refractivity contribution in [3.8, 4) is 0 Å². The first-order chi connectivity index (χ1) is 9.60. The molecule has 2 heteroatoms. The minimum Gasteiger partial charge on any atom is -0.457 e. The molecule has 2 heterocycles. The predicted molar refractivity (Wildman–Crippen MR) is 84.7 cm³/mol. The third kappa shape index (κ3) is 2.20. The van der Waals surface area contributed by atoms with Crippen LogP contribution in [0.5, 0.6) is 0 Å². The molecule has 2 nitrogen and oxygen atoms in total. The Labute approximate surface area is 127 Å². The number of hydrogen-bond acceptors (Lipinski definition) is 2. The van der Waals surface area contributed by atoms with Crippen molar-refractivity contribution in [3.63, 3.8) is 0 Å². The van der Waals surface area contributed by atoms with E-state index in [2.05, 4.69) is 53.7 Å². The molecule has 2 aliphatic heterocycles. The van der Waals surface area contributed by atoms with Crippen molar-refractivity contribution in [3.05, 3.63) is 34.4 Å². The molecule has 1 aliphatic carbocycles. The zero-order chi connectivity index (χ0) is 15.6. The van der Waals surface area contributed by atoms with E-state index in [0.717, 1.165) is 12.8 Å². The van der Waals surface area contributed by atoms with E-state index >= 15 is 0 Å². The lowest BCUT2D eigenvalue weighted by molar-refractivity contribution is -0.159. The SMILES string of the molecule is CC(C)(C)c1ccc(C(C)(C)C)c2c1C1CCC2C(=O)O1. The highest BCUT2D eigenvalue weighted by Gasteiger charge is 2.45. The highest BCUT2D eigenvalue weighted by molar-refractivity contribution is 5.83. The maximum absolute atomic E-state index is 12.2. The minimum absolute atomic E-state index is 0.0182. The topological polar surface area (TPSA) is 26.3 Å². The average Bonchev–Trinajstić information content (AvgIpc) is 2.35. The van der Waals surface area contributed by atoms with E-state index in [9.17, 15) is 4.79 Å². The second kappa shape index (κ2) is 4.34. The lowest BCUT2D eigenvalue weighted by atomic mass is 9.67. The fourth-order valence-electron chi connectivity index (χ4n) is 3.85. The van der Waals surface area contributed by atoms with Crippen LogP contribution in [0.4, 0.5) is 0 Å². The summed E-state index contributed by atoms with van der Waals surface area (Å²) in [4.78, 5) is 12.2. The van der Waals surface area contributed by atoms with Gasteiger partial charge in [-0.3, -0.25) is 4.79 Å². The van der Waals surface area contributed by atoms with Gasteiger partial charge in [-0.1, -0.05) is 53.7 Å². The first kappa shape index (κ1) is 14.6. The third-order valence-electron chi connectivity index (χ3n) is 4.83. The molecule has 0 aromatic heterocycles. The molecule has 1 aromatic rings. The molecule has 0 spiro atoms. The molecule has 21 heavy (non-hydrogen) atoms. The summed E-state index contributed by atoms with van der Waals surface area (Å²) in [6.07, 6.45) is 1.88. The van der Waals surface area contributed by atoms with E-state index in [4.69, 9.17) is 4.74 Å². The number of benzene rings is 1. The van der Waals surface area contributed by atoms with Crippen molar-refractivity contribution in [2.45, 2.75) is 77.2 Å². The first-order valence-electron chi connectivity index (χ1n) is 7.99. The van der Waals surface area contributed by atoms with Crippen LogP contribution in [0.15, 0.2) is 12.1 Å².